The largest absolute Gasteiger partial charge is 0.193 e. The highest BCUT2D eigenvalue weighted by molar-refractivity contribution is 7.75. The van der Waals surface area contributed by atoms with Crippen LogP contribution in [-0.4, -0.2) is 24.3 Å². The maximum atomic E-state index is 9.08. The molecule has 0 heterocycles. The molecule has 0 rings (SSSR count). The van der Waals surface area contributed by atoms with Crippen LogP contribution in [0.4, 0.5) is 0 Å². The molecule has 0 N–H and O–H groups in total. The minimum absolute atomic E-state index is 1.05. The summed E-state index contributed by atoms with van der Waals surface area (Å²) >= 11 is 0. The Morgan fingerprint density at radius 2 is 1.29 bits per heavy atom. The van der Waals surface area contributed by atoms with Crippen molar-refractivity contribution in [2.45, 2.75) is 65.7 Å². The van der Waals surface area contributed by atoms with Crippen molar-refractivity contribution in [3.05, 3.63) is 0 Å². The quantitative estimate of drug-likeness (QED) is 0.392. The Kier molecular flexibility index (Phi) is 10.8. The van der Waals surface area contributed by atoms with Gasteiger partial charge < -0.3 is 0 Å². The maximum absolute atomic E-state index is 9.08. The monoisotopic (exact) mass is 255 g/mol. The molecular weight excluding hydrogens is 225 g/mol. The summed E-state index contributed by atoms with van der Waals surface area (Å²) in [5, 5.41) is 9.08. The summed E-state index contributed by atoms with van der Waals surface area (Å²) in [6.07, 6.45) is 13.1. The molecule has 0 aliphatic carbocycles. The molecule has 2 heteroatoms. The first-order valence-corrected chi connectivity index (χ1v) is 9.75. The third kappa shape index (κ3) is 7.67. The van der Waals surface area contributed by atoms with E-state index in [0.717, 1.165) is 0 Å². The Balaban J connectivity index is 4.59. The van der Waals surface area contributed by atoms with Gasteiger partial charge in [0.25, 0.3) is 0 Å². The van der Waals surface area contributed by atoms with Crippen molar-refractivity contribution in [2.75, 3.05) is 18.5 Å². The predicted octanol–water partition coefficient (Wildman–Crippen LogP) is 5.12. The molecule has 0 aromatic heterocycles. The number of hydrogen-bond acceptors (Lipinski definition) is 1. The van der Waals surface area contributed by atoms with Crippen LogP contribution in [-0.2, 0) is 0 Å². The zero-order chi connectivity index (χ0) is 13.0. The molecule has 0 aromatic carbocycles. The molecule has 1 nitrogen and oxygen atoms in total. The Morgan fingerprint density at radius 3 is 1.71 bits per heavy atom. The van der Waals surface area contributed by atoms with E-state index in [4.69, 9.17) is 5.26 Å². The van der Waals surface area contributed by atoms with E-state index in [-0.39, 0.29) is 0 Å². The SMILES string of the molecule is CCCCCP(=CC#N)(CCCC)CCCC. The highest BCUT2D eigenvalue weighted by atomic mass is 31.2. The second-order valence-electron chi connectivity index (χ2n) is 5.06. The van der Waals surface area contributed by atoms with Gasteiger partial charge in [-0.15, -0.1) is 0 Å². The lowest BCUT2D eigenvalue weighted by molar-refractivity contribution is 0.770. The van der Waals surface area contributed by atoms with Crippen LogP contribution in [0, 0.1) is 11.3 Å². The lowest BCUT2D eigenvalue weighted by Crippen LogP contribution is -2.04. The van der Waals surface area contributed by atoms with Crippen LogP contribution in [0.2, 0.25) is 0 Å². The Hall–Kier alpha value is -0.210. The van der Waals surface area contributed by atoms with E-state index in [1.807, 2.05) is 0 Å². The molecule has 0 bridgehead atoms. The van der Waals surface area contributed by atoms with Crippen LogP contribution in [0.5, 0.6) is 0 Å². The predicted molar refractivity (Wildman–Crippen MR) is 82.5 cm³/mol. The van der Waals surface area contributed by atoms with Gasteiger partial charge in [0, 0.05) is 5.80 Å². The average Bonchev–Trinajstić information content (AvgIpc) is 2.34. The Bertz CT molecular complexity index is 251. The molecule has 0 aliphatic rings. The first-order valence-electron chi connectivity index (χ1n) is 7.34. The molecule has 0 saturated carbocycles. The van der Waals surface area contributed by atoms with E-state index in [2.05, 4.69) is 32.6 Å². The van der Waals surface area contributed by atoms with Gasteiger partial charge in [-0.05, 0) is 37.7 Å². The van der Waals surface area contributed by atoms with Crippen LogP contribution < -0.4 is 0 Å². The van der Waals surface area contributed by atoms with Gasteiger partial charge in [0.2, 0.25) is 0 Å². The van der Waals surface area contributed by atoms with Gasteiger partial charge in [0.05, 0.1) is 6.07 Å². The van der Waals surface area contributed by atoms with Gasteiger partial charge in [0.1, 0.15) is 0 Å². The smallest absolute Gasteiger partial charge is 0.0913 e. The molecule has 0 fully saturated rings. The van der Waals surface area contributed by atoms with E-state index in [0.29, 0.717) is 0 Å². The maximum Gasteiger partial charge on any atom is 0.0913 e. The summed E-state index contributed by atoms with van der Waals surface area (Å²) in [4.78, 5) is 0. The number of nitriles is 1. The Morgan fingerprint density at radius 1 is 0.824 bits per heavy atom. The van der Waals surface area contributed by atoms with Crippen molar-refractivity contribution in [3.63, 3.8) is 0 Å². The third-order valence-electron chi connectivity index (χ3n) is 3.45. The molecule has 0 aliphatic heterocycles. The van der Waals surface area contributed by atoms with Crippen LogP contribution in [0.25, 0.3) is 0 Å². The van der Waals surface area contributed by atoms with Crippen molar-refractivity contribution in [2.24, 2.45) is 0 Å². The van der Waals surface area contributed by atoms with Gasteiger partial charge in [-0.2, -0.15) is 5.26 Å². The lowest BCUT2D eigenvalue weighted by Gasteiger charge is -2.25. The number of hydrogen-bond donors (Lipinski definition) is 0. The van der Waals surface area contributed by atoms with Crippen molar-refractivity contribution in [1.29, 1.82) is 5.26 Å². The van der Waals surface area contributed by atoms with Crippen molar-refractivity contribution >= 4 is 12.7 Å². The molecular formula is C15H30NP. The number of rotatable bonds is 10. The normalized spacial score (nSPS) is 11.2. The molecule has 0 amide bonds. The summed E-state index contributed by atoms with van der Waals surface area (Å²) in [5.74, 6) is 2.06. The van der Waals surface area contributed by atoms with Crippen molar-refractivity contribution in [1.82, 2.24) is 0 Å². The summed E-state index contributed by atoms with van der Waals surface area (Å²) in [5.41, 5.74) is 0. The summed E-state index contributed by atoms with van der Waals surface area (Å²) in [7, 11) is 0. The van der Waals surface area contributed by atoms with Crippen molar-refractivity contribution in [3.8, 4) is 6.07 Å². The fourth-order valence-corrected chi connectivity index (χ4v) is 6.32. The second-order valence-corrected chi connectivity index (χ2v) is 9.10. The highest BCUT2D eigenvalue weighted by Crippen LogP contribution is 2.49. The van der Waals surface area contributed by atoms with E-state index >= 15 is 0 Å². The van der Waals surface area contributed by atoms with E-state index in [9.17, 15) is 0 Å². The van der Waals surface area contributed by atoms with Crippen LogP contribution in [0.15, 0.2) is 0 Å². The molecule has 0 unspecified atom stereocenters. The third-order valence-corrected chi connectivity index (χ3v) is 7.74. The summed E-state index contributed by atoms with van der Waals surface area (Å²) in [6, 6.07) is 2.38. The fraction of sp³-hybridized carbons (Fsp3) is 0.867. The van der Waals surface area contributed by atoms with E-state index < -0.39 is 6.89 Å². The first-order chi connectivity index (χ1) is 8.24. The number of nitrogens with zero attached hydrogens (tertiary/aromatic N) is 1. The minimum Gasteiger partial charge on any atom is -0.193 e. The minimum atomic E-state index is -1.05. The standard InChI is InChI=1S/C15H30NP/c1-4-7-10-14-17(15-11-16,12-8-5-2)13-9-6-3/h15H,4-10,12-14H2,1-3H3. The molecule has 0 aromatic rings. The van der Waals surface area contributed by atoms with E-state index in [1.54, 1.807) is 0 Å². The molecule has 0 radical (unpaired) electrons. The molecule has 0 atom stereocenters. The topological polar surface area (TPSA) is 23.8 Å². The first kappa shape index (κ1) is 16.8. The number of unbranched alkanes of at least 4 members (excludes halogenated alkanes) is 4. The van der Waals surface area contributed by atoms with Gasteiger partial charge in [-0.3, -0.25) is 0 Å². The zero-order valence-electron chi connectivity index (χ0n) is 12.0. The molecule has 0 spiro atoms. The Labute approximate surface area is 109 Å². The van der Waals surface area contributed by atoms with Crippen molar-refractivity contribution < 1.29 is 0 Å². The average molecular weight is 255 g/mol. The molecule has 17 heavy (non-hydrogen) atoms. The highest BCUT2D eigenvalue weighted by Gasteiger charge is 2.15. The summed E-state index contributed by atoms with van der Waals surface area (Å²) in [6.45, 7) is 5.72. The van der Waals surface area contributed by atoms with Crippen LogP contribution in [0.1, 0.15) is 65.7 Å². The zero-order valence-corrected chi connectivity index (χ0v) is 12.9. The summed E-state index contributed by atoms with van der Waals surface area (Å²) < 4.78 is 0. The molecule has 0 saturated heterocycles. The van der Waals surface area contributed by atoms with Gasteiger partial charge in [0.15, 0.2) is 0 Å². The second kappa shape index (κ2) is 10.9. The fourth-order valence-electron chi connectivity index (χ4n) is 2.27. The van der Waals surface area contributed by atoms with E-state index in [1.165, 1.54) is 63.4 Å². The lowest BCUT2D eigenvalue weighted by atomic mass is 10.3. The van der Waals surface area contributed by atoms with Gasteiger partial charge in [-0.1, -0.05) is 53.3 Å². The van der Waals surface area contributed by atoms with Gasteiger partial charge >= 0.3 is 0 Å². The van der Waals surface area contributed by atoms with Gasteiger partial charge in [-0.25, -0.2) is 0 Å². The molecule has 100 valence electrons. The van der Waals surface area contributed by atoms with Crippen LogP contribution >= 0.6 is 6.89 Å². The van der Waals surface area contributed by atoms with Crippen LogP contribution in [0.3, 0.4) is 0 Å².